The topological polar surface area (TPSA) is 89.0 Å². The summed E-state index contributed by atoms with van der Waals surface area (Å²) in [5.74, 6) is 0.595. The maximum atomic E-state index is 11.1. The van der Waals surface area contributed by atoms with Gasteiger partial charge in [-0.25, -0.2) is 0 Å². The Hall–Kier alpha value is -1.57. The molecule has 0 unspecified atom stereocenters. The van der Waals surface area contributed by atoms with Crippen LogP contribution in [0.3, 0.4) is 0 Å². The van der Waals surface area contributed by atoms with E-state index in [4.69, 9.17) is 4.74 Å². The van der Waals surface area contributed by atoms with Gasteiger partial charge >= 0.3 is 6.01 Å². The summed E-state index contributed by atoms with van der Waals surface area (Å²) in [5, 5.41) is 5.79. The van der Waals surface area contributed by atoms with Crippen LogP contribution in [0.4, 0.5) is 5.95 Å². The largest absolute Gasteiger partial charge is 0.464 e. The number of hydrogen-bond donors (Lipinski definition) is 2. The fourth-order valence-electron chi connectivity index (χ4n) is 0.910. The molecule has 0 aromatic carbocycles. The summed E-state index contributed by atoms with van der Waals surface area (Å²) in [6.07, 6.45) is 0. The van der Waals surface area contributed by atoms with Crippen LogP contribution < -0.4 is 15.4 Å². The lowest BCUT2D eigenvalue weighted by molar-refractivity contribution is -0.118. The highest BCUT2D eigenvalue weighted by molar-refractivity contribution is 7.99. The van der Waals surface area contributed by atoms with Crippen LogP contribution >= 0.6 is 11.8 Å². The maximum Gasteiger partial charge on any atom is 0.322 e. The van der Waals surface area contributed by atoms with E-state index in [0.29, 0.717) is 17.7 Å². The monoisotopic (exact) mass is 257 g/mol. The summed E-state index contributed by atoms with van der Waals surface area (Å²) in [5.41, 5.74) is 0. The fraction of sp³-hybridized carbons (Fsp3) is 0.556. The van der Waals surface area contributed by atoms with Gasteiger partial charge in [0.15, 0.2) is 5.16 Å². The van der Waals surface area contributed by atoms with Gasteiger partial charge in [-0.1, -0.05) is 11.8 Å². The van der Waals surface area contributed by atoms with Gasteiger partial charge in [-0.05, 0) is 6.92 Å². The average Bonchev–Trinajstić information content (AvgIpc) is 2.36. The van der Waals surface area contributed by atoms with Crippen molar-refractivity contribution in [3.8, 4) is 6.01 Å². The van der Waals surface area contributed by atoms with Crippen molar-refractivity contribution >= 4 is 23.6 Å². The fourth-order valence-corrected chi connectivity index (χ4v) is 1.61. The zero-order valence-electron chi connectivity index (χ0n) is 9.98. The third kappa shape index (κ3) is 4.43. The van der Waals surface area contributed by atoms with Gasteiger partial charge in [0.05, 0.1) is 12.4 Å². The van der Waals surface area contributed by atoms with Gasteiger partial charge in [0.1, 0.15) is 0 Å². The molecule has 94 valence electrons. The summed E-state index contributed by atoms with van der Waals surface area (Å²) in [7, 11) is 3.29. The van der Waals surface area contributed by atoms with E-state index < -0.39 is 0 Å². The molecule has 1 heterocycles. The zero-order valence-corrected chi connectivity index (χ0v) is 10.8. The molecule has 0 saturated carbocycles. The standard InChI is InChI=1S/C9H15N5O2S/c1-4-16-8-12-7(11-3)13-9(14-8)17-5-6(15)10-2/h4-5H2,1-3H3,(H,10,15)(H,11,12,13,14). The Kier molecular flexibility index (Phi) is 5.47. The number of hydrogen-bond acceptors (Lipinski definition) is 7. The Morgan fingerprint density at radius 3 is 2.71 bits per heavy atom. The molecule has 0 aliphatic carbocycles. The van der Waals surface area contributed by atoms with Gasteiger partial charge in [-0.3, -0.25) is 4.79 Å². The predicted molar refractivity (Wildman–Crippen MR) is 65.3 cm³/mol. The van der Waals surface area contributed by atoms with E-state index in [1.165, 1.54) is 11.8 Å². The molecule has 17 heavy (non-hydrogen) atoms. The van der Waals surface area contributed by atoms with Crippen LogP contribution in [-0.2, 0) is 4.79 Å². The molecule has 1 aromatic rings. The number of carbonyl (C=O) groups is 1. The van der Waals surface area contributed by atoms with E-state index >= 15 is 0 Å². The van der Waals surface area contributed by atoms with Crippen LogP contribution in [0.2, 0.25) is 0 Å². The summed E-state index contributed by atoms with van der Waals surface area (Å²) in [6.45, 7) is 2.33. The van der Waals surface area contributed by atoms with Crippen LogP contribution in [-0.4, -0.2) is 47.3 Å². The number of nitrogens with zero attached hydrogens (tertiary/aromatic N) is 3. The second kappa shape index (κ2) is 6.89. The van der Waals surface area contributed by atoms with E-state index in [1.807, 2.05) is 6.92 Å². The smallest absolute Gasteiger partial charge is 0.322 e. The van der Waals surface area contributed by atoms with E-state index in [-0.39, 0.29) is 17.7 Å². The average molecular weight is 257 g/mol. The number of nitrogens with one attached hydrogen (secondary N) is 2. The minimum Gasteiger partial charge on any atom is -0.464 e. The molecule has 1 rings (SSSR count). The van der Waals surface area contributed by atoms with Crippen molar-refractivity contribution in [1.82, 2.24) is 20.3 Å². The summed E-state index contributed by atoms with van der Waals surface area (Å²) >= 11 is 1.23. The van der Waals surface area contributed by atoms with Crippen LogP contribution in [0.5, 0.6) is 6.01 Å². The lowest BCUT2D eigenvalue weighted by atomic mass is 10.7. The highest BCUT2D eigenvalue weighted by atomic mass is 32.2. The molecule has 0 aliphatic rings. The first-order valence-electron chi connectivity index (χ1n) is 5.09. The lowest BCUT2D eigenvalue weighted by Crippen LogP contribution is -2.20. The number of anilines is 1. The van der Waals surface area contributed by atoms with Crippen LogP contribution in [0.25, 0.3) is 0 Å². The summed E-state index contributed by atoms with van der Waals surface area (Å²) in [4.78, 5) is 23.3. The van der Waals surface area contributed by atoms with E-state index in [1.54, 1.807) is 14.1 Å². The van der Waals surface area contributed by atoms with Gasteiger partial charge in [0, 0.05) is 14.1 Å². The Morgan fingerprint density at radius 2 is 2.12 bits per heavy atom. The van der Waals surface area contributed by atoms with E-state index in [2.05, 4.69) is 25.6 Å². The van der Waals surface area contributed by atoms with Crippen LogP contribution in [0, 0.1) is 0 Å². The predicted octanol–water partition coefficient (Wildman–Crippen LogP) is 0.150. The number of thioether (sulfide) groups is 1. The Morgan fingerprint density at radius 1 is 1.35 bits per heavy atom. The molecule has 8 heteroatoms. The van der Waals surface area contributed by atoms with Crippen LogP contribution in [0.1, 0.15) is 6.92 Å². The van der Waals surface area contributed by atoms with Crippen molar-refractivity contribution in [2.45, 2.75) is 12.1 Å². The van der Waals surface area contributed by atoms with E-state index in [9.17, 15) is 4.79 Å². The van der Waals surface area contributed by atoms with Gasteiger partial charge in [-0.2, -0.15) is 15.0 Å². The molecule has 0 radical (unpaired) electrons. The zero-order chi connectivity index (χ0) is 12.7. The highest BCUT2D eigenvalue weighted by Crippen LogP contribution is 2.17. The second-order valence-electron chi connectivity index (χ2n) is 2.87. The van der Waals surface area contributed by atoms with Gasteiger partial charge in [0.25, 0.3) is 0 Å². The minimum atomic E-state index is -0.0839. The van der Waals surface area contributed by atoms with Crippen molar-refractivity contribution in [2.24, 2.45) is 0 Å². The first kappa shape index (κ1) is 13.5. The van der Waals surface area contributed by atoms with Gasteiger partial charge in [0.2, 0.25) is 11.9 Å². The van der Waals surface area contributed by atoms with Crippen molar-refractivity contribution < 1.29 is 9.53 Å². The summed E-state index contributed by atoms with van der Waals surface area (Å²) in [6, 6.07) is 0.256. The summed E-state index contributed by atoms with van der Waals surface area (Å²) < 4.78 is 5.21. The second-order valence-corrected chi connectivity index (χ2v) is 3.81. The van der Waals surface area contributed by atoms with Crippen molar-refractivity contribution in [2.75, 3.05) is 31.8 Å². The first-order chi connectivity index (χ1) is 8.19. The maximum absolute atomic E-state index is 11.1. The molecule has 1 aromatic heterocycles. The lowest BCUT2D eigenvalue weighted by Gasteiger charge is -2.05. The molecular weight excluding hydrogens is 242 g/mol. The van der Waals surface area contributed by atoms with Crippen LogP contribution in [0.15, 0.2) is 5.16 Å². The molecule has 0 bridgehead atoms. The number of carbonyl (C=O) groups excluding carboxylic acids is 1. The van der Waals surface area contributed by atoms with Crippen molar-refractivity contribution in [3.63, 3.8) is 0 Å². The molecule has 0 saturated heterocycles. The third-order valence-corrected chi connectivity index (χ3v) is 2.55. The Balaban J connectivity index is 2.75. The number of aromatic nitrogens is 3. The molecule has 2 N–H and O–H groups in total. The molecule has 0 atom stereocenters. The molecule has 0 aliphatic heterocycles. The Labute approximate surface area is 104 Å². The highest BCUT2D eigenvalue weighted by Gasteiger charge is 2.08. The van der Waals surface area contributed by atoms with Gasteiger partial charge in [-0.15, -0.1) is 0 Å². The number of amides is 1. The normalized spacial score (nSPS) is 9.82. The number of rotatable bonds is 6. The first-order valence-corrected chi connectivity index (χ1v) is 6.08. The SMILES string of the molecule is CCOc1nc(NC)nc(SCC(=O)NC)n1. The van der Waals surface area contributed by atoms with Crippen molar-refractivity contribution in [1.29, 1.82) is 0 Å². The van der Waals surface area contributed by atoms with Crippen molar-refractivity contribution in [3.05, 3.63) is 0 Å². The molecular formula is C9H15N5O2S. The Bertz CT molecular complexity index is 388. The third-order valence-electron chi connectivity index (χ3n) is 1.70. The van der Waals surface area contributed by atoms with Gasteiger partial charge < -0.3 is 15.4 Å². The molecule has 0 spiro atoms. The number of ether oxygens (including phenoxy) is 1. The van der Waals surface area contributed by atoms with E-state index in [0.717, 1.165) is 0 Å². The quantitative estimate of drug-likeness (QED) is 0.701. The molecule has 1 amide bonds. The minimum absolute atomic E-state index is 0.0839. The molecule has 7 nitrogen and oxygen atoms in total. The molecule has 0 fully saturated rings.